The summed E-state index contributed by atoms with van der Waals surface area (Å²) in [5.41, 5.74) is 6.13. The first-order valence-electron chi connectivity index (χ1n) is 9.23. The Kier molecular flexibility index (Phi) is 4.67. The smallest absolute Gasteiger partial charge is 0.228 e. The summed E-state index contributed by atoms with van der Waals surface area (Å²) in [6.45, 7) is 0. The van der Waals surface area contributed by atoms with Crippen molar-refractivity contribution in [3.05, 3.63) is 64.9 Å². The van der Waals surface area contributed by atoms with E-state index in [0.717, 1.165) is 34.9 Å². The molecule has 1 heterocycles. The summed E-state index contributed by atoms with van der Waals surface area (Å²) in [6.07, 6.45) is 5.68. The summed E-state index contributed by atoms with van der Waals surface area (Å²) < 4.78 is 5.67. The first-order valence-corrected chi connectivity index (χ1v) is 9.23. The fourth-order valence-electron chi connectivity index (χ4n) is 3.64. The second-order valence-corrected chi connectivity index (χ2v) is 7.00. The largest absolute Gasteiger partial charge is 0.464 e. The molecule has 2 amide bonds. The Morgan fingerprint density at radius 1 is 1.00 bits per heavy atom. The van der Waals surface area contributed by atoms with Crippen molar-refractivity contribution >= 4 is 28.5 Å². The second kappa shape index (κ2) is 7.27. The van der Waals surface area contributed by atoms with Gasteiger partial charge in [-0.2, -0.15) is 0 Å². The molecule has 0 saturated heterocycles. The van der Waals surface area contributed by atoms with Gasteiger partial charge in [0.1, 0.15) is 5.58 Å². The van der Waals surface area contributed by atoms with Crippen LogP contribution in [0.2, 0.25) is 0 Å². The molecule has 0 spiro atoms. The average Bonchev–Trinajstić information content (AvgIpc) is 3.28. The molecule has 0 fully saturated rings. The van der Waals surface area contributed by atoms with Gasteiger partial charge in [0.05, 0.1) is 19.1 Å². The number of carbonyl (C=O) groups excluding carboxylic acids is 2. The molecule has 5 heteroatoms. The molecule has 2 aromatic carbocycles. The van der Waals surface area contributed by atoms with Gasteiger partial charge in [-0.25, -0.2) is 0 Å². The summed E-state index contributed by atoms with van der Waals surface area (Å²) in [4.78, 5) is 23.9. The number of hydrogen-bond acceptors (Lipinski definition) is 3. The highest BCUT2D eigenvalue weighted by Gasteiger charge is 2.16. The van der Waals surface area contributed by atoms with Crippen molar-refractivity contribution in [2.45, 2.75) is 32.1 Å². The number of aryl methyl sites for hydroxylation is 2. The van der Waals surface area contributed by atoms with Crippen molar-refractivity contribution in [2.24, 2.45) is 0 Å². The minimum Gasteiger partial charge on any atom is -0.464 e. The van der Waals surface area contributed by atoms with E-state index in [2.05, 4.69) is 22.8 Å². The molecule has 5 nitrogen and oxygen atoms in total. The molecule has 0 atom stereocenters. The first kappa shape index (κ1) is 17.3. The van der Waals surface area contributed by atoms with E-state index in [1.54, 1.807) is 13.3 Å². The van der Waals surface area contributed by atoms with Crippen LogP contribution in [-0.2, 0) is 35.3 Å². The molecule has 1 aliphatic rings. The number of hydrogen-bond donors (Lipinski definition) is 2. The Labute approximate surface area is 157 Å². The number of fused-ring (bicyclic) bond motifs is 2. The zero-order valence-corrected chi connectivity index (χ0v) is 15.3. The number of nitrogens with one attached hydrogen (secondary N) is 2. The number of likely N-dealkylation sites (N-methyl/N-ethyl adjacent to an activating group) is 1. The molecular weight excluding hydrogens is 340 g/mol. The van der Waals surface area contributed by atoms with Crippen LogP contribution in [0.4, 0.5) is 5.69 Å². The van der Waals surface area contributed by atoms with Crippen LogP contribution in [0.1, 0.15) is 28.7 Å². The van der Waals surface area contributed by atoms with Gasteiger partial charge in [-0.05, 0) is 60.2 Å². The van der Waals surface area contributed by atoms with Crippen LogP contribution < -0.4 is 10.6 Å². The fourth-order valence-corrected chi connectivity index (χ4v) is 3.64. The lowest BCUT2D eigenvalue weighted by Gasteiger charge is -2.06. The van der Waals surface area contributed by atoms with Gasteiger partial charge in [-0.1, -0.05) is 12.1 Å². The normalized spacial score (nSPS) is 12.8. The standard InChI is InChI=1S/C22H22N2O3/c1-23-21(25)9-14-5-7-18(8-6-14)24-22(26)12-17-13-27-20-11-16-4-2-3-15(16)10-19(17)20/h5-8,10-11,13H,2-4,9,12H2,1H3,(H,23,25)(H,24,26). The molecular formula is C22H22N2O3. The Hall–Kier alpha value is -3.08. The average molecular weight is 362 g/mol. The van der Waals surface area contributed by atoms with E-state index in [0.29, 0.717) is 12.1 Å². The van der Waals surface area contributed by atoms with E-state index >= 15 is 0 Å². The summed E-state index contributed by atoms with van der Waals surface area (Å²) >= 11 is 0. The monoisotopic (exact) mass is 362 g/mol. The Morgan fingerprint density at radius 2 is 1.74 bits per heavy atom. The van der Waals surface area contributed by atoms with Crippen LogP contribution in [-0.4, -0.2) is 18.9 Å². The van der Waals surface area contributed by atoms with Crippen molar-refractivity contribution in [1.82, 2.24) is 5.32 Å². The van der Waals surface area contributed by atoms with Crippen molar-refractivity contribution in [2.75, 3.05) is 12.4 Å². The predicted molar refractivity (Wildman–Crippen MR) is 105 cm³/mol. The van der Waals surface area contributed by atoms with E-state index < -0.39 is 0 Å². The zero-order valence-electron chi connectivity index (χ0n) is 15.3. The maximum absolute atomic E-state index is 12.4. The molecule has 4 rings (SSSR count). The van der Waals surface area contributed by atoms with Gasteiger partial charge in [-0.15, -0.1) is 0 Å². The predicted octanol–water partition coefficient (Wildman–Crippen LogP) is 3.39. The minimum atomic E-state index is -0.0859. The van der Waals surface area contributed by atoms with Gasteiger partial charge in [-0.3, -0.25) is 9.59 Å². The molecule has 0 bridgehead atoms. The van der Waals surface area contributed by atoms with Crippen LogP contribution in [0, 0.1) is 0 Å². The highest BCUT2D eigenvalue weighted by atomic mass is 16.3. The zero-order chi connectivity index (χ0) is 18.8. The SMILES string of the molecule is CNC(=O)Cc1ccc(NC(=O)Cc2coc3cc4c(cc23)CCC4)cc1. The van der Waals surface area contributed by atoms with Gasteiger partial charge in [0, 0.05) is 23.7 Å². The van der Waals surface area contributed by atoms with E-state index in [1.165, 1.54) is 17.5 Å². The molecule has 27 heavy (non-hydrogen) atoms. The number of benzene rings is 2. The molecule has 0 unspecified atom stereocenters. The number of carbonyl (C=O) groups is 2. The van der Waals surface area contributed by atoms with E-state index in [4.69, 9.17) is 4.42 Å². The number of furan rings is 1. The summed E-state index contributed by atoms with van der Waals surface area (Å²) in [5.74, 6) is -0.123. The number of rotatable bonds is 5. The Morgan fingerprint density at radius 3 is 2.48 bits per heavy atom. The van der Waals surface area contributed by atoms with Gasteiger partial charge < -0.3 is 15.1 Å². The quantitative estimate of drug-likeness (QED) is 0.731. The summed E-state index contributed by atoms with van der Waals surface area (Å²) in [5, 5.41) is 6.54. The fraction of sp³-hybridized carbons (Fsp3) is 0.273. The van der Waals surface area contributed by atoms with E-state index in [1.807, 2.05) is 24.3 Å². The third-order valence-electron chi connectivity index (χ3n) is 5.10. The van der Waals surface area contributed by atoms with Crippen molar-refractivity contribution in [3.8, 4) is 0 Å². The van der Waals surface area contributed by atoms with Crippen LogP contribution >= 0.6 is 0 Å². The Balaban J connectivity index is 1.44. The minimum absolute atomic E-state index is 0.0369. The molecule has 0 radical (unpaired) electrons. The van der Waals surface area contributed by atoms with Gasteiger partial charge in [0.15, 0.2) is 0 Å². The van der Waals surface area contributed by atoms with Crippen LogP contribution in [0.25, 0.3) is 11.0 Å². The van der Waals surface area contributed by atoms with Gasteiger partial charge in [0.25, 0.3) is 0 Å². The maximum atomic E-state index is 12.4. The third kappa shape index (κ3) is 3.72. The number of amides is 2. The lowest BCUT2D eigenvalue weighted by Crippen LogP contribution is -2.20. The molecule has 3 aromatic rings. The van der Waals surface area contributed by atoms with E-state index in [9.17, 15) is 9.59 Å². The molecule has 2 N–H and O–H groups in total. The van der Waals surface area contributed by atoms with E-state index in [-0.39, 0.29) is 18.2 Å². The first-order chi connectivity index (χ1) is 13.1. The van der Waals surface area contributed by atoms with Crippen LogP contribution in [0.15, 0.2) is 47.1 Å². The lowest BCUT2D eigenvalue weighted by atomic mass is 10.0. The third-order valence-corrected chi connectivity index (χ3v) is 5.10. The van der Waals surface area contributed by atoms with Crippen molar-refractivity contribution in [1.29, 1.82) is 0 Å². The van der Waals surface area contributed by atoms with Crippen LogP contribution in [0.3, 0.4) is 0 Å². The van der Waals surface area contributed by atoms with Crippen molar-refractivity contribution < 1.29 is 14.0 Å². The highest BCUT2D eigenvalue weighted by molar-refractivity contribution is 5.95. The topological polar surface area (TPSA) is 71.3 Å². The van der Waals surface area contributed by atoms with Gasteiger partial charge in [0.2, 0.25) is 11.8 Å². The van der Waals surface area contributed by atoms with Gasteiger partial charge >= 0.3 is 0 Å². The maximum Gasteiger partial charge on any atom is 0.228 e. The summed E-state index contributed by atoms with van der Waals surface area (Å²) in [7, 11) is 1.62. The molecule has 0 aliphatic heterocycles. The van der Waals surface area contributed by atoms with Crippen molar-refractivity contribution in [3.63, 3.8) is 0 Å². The second-order valence-electron chi connectivity index (χ2n) is 7.00. The highest BCUT2D eigenvalue weighted by Crippen LogP contribution is 2.30. The summed E-state index contributed by atoms with van der Waals surface area (Å²) in [6, 6.07) is 11.6. The molecule has 1 aliphatic carbocycles. The van der Waals surface area contributed by atoms with Crippen LogP contribution in [0.5, 0.6) is 0 Å². The number of anilines is 1. The molecule has 0 saturated carbocycles. The molecule has 1 aromatic heterocycles. The Bertz CT molecular complexity index is 1000. The molecule has 138 valence electrons. The lowest BCUT2D eigenvalue weighted by molar-refractivity contribution is -0.120.